The highest BCUT2D eigenvalue weighted by atomic mass is 15.2. The average Bonchev–Trinajstić information content (AvgIpc) is 2.79. The standard InChI is InChI=1S/C14H28N4/c1-7-14(4,5)17(6)12(8-15)13-9-16-10-18(13)11(2)3/h9-12H,7-8,15H2,1-6H3. The largest absolute Gasteiger partial charge is 0.331 e. The van der Waals surface area contributed by atoms with Crippen molar-refractivity contribution in [2.45, 2.75) is 58.7 Å². The molecule has 0 aromatic carbocycles. The van der Waals surface area contributed by atoms with Crippen LogP contribution in [0.2, 0.25) is 0 Å². The van der Waals surface area contributed by atoms with Crippen molar-refractivity contribution in [2.24, 2.45) is 5.73 Å². The lowest BCUT2D eigenvalue weighted by molar-refractivity contribution is 0.0957. The summed E-state index contributed by atoms with van der Waals surface area (Å²) in [5, 5.41) is 0. The molecule has 1 unspecified atom stereocenters. The van der Waals surface area contributed by atoms with Gasteiger partial charge in [-0.25, -0.2) is 4.98 Å². The zero-order valence-electron chi connectivity index (χ0n) is 12.6. The number of aromatic nitrogens is 2. The number of likely N-dealkylation sites (N-methyl/N-ethyl adjacent to an activating group) is 1. The molecule has 0 aliphatic rings. The summed E-state index contributed by atoms with van der Waals surface area (Å²) in [7, 11) is 2.15. The molecule has 0 aliphatic carbocycles. The van der Waals surface area contributed by atoms with Crippen LogP contribution in [-0.2, 0) is 0 Å². The Kier molecular flexibility index (Phi) is 4.93. The van der Waals surface area contributed by atoms with Crippen LogP contribution in [0.3, 0.4) is 0 Å². The van der Waals surface area contributed by atoms with Crippen LogP contribution in [0.4, 0.5) is 0 Å². The molecular weight excluding hydrogens is 224 g/mol. The summed E-state index contributed by atoms with van der Waals surface area (Å²) in [6.07, 6.45) is 4.94. The molecule has 18 heavy (non-hydrogen) atoms. The smallest absolute Gasteiger partial charge is 0.0951 e. The SMILES string of the molecule is CCC(C)(C)N(C)C(CN)c1cncn1C(C)C. The quantitative estimate of drug-likeness (QED) is 0.846. The second kappa shape index (κ2) is 5.85. The third-order valence-electron chi connectivity index (χ3n) is 4.10. The van der Waals surface area contributed by atoms with Gasteiger partial charge in [-0.1, -0.05) is 6.92 Å². The van der Waals surface area contributed by atoms with Crippen LogP contribution in [0.1, 0.15) is 58.8 Å². The molecular formula is C14H28N4. The van der Waals surface area contributed by atoms with Gasteiger partial charge in [-0.05, 0) is 41.2 Å². The number of hydrogen-bond acceptors (Lipinski definition) is 3. The minimum absolute atomic E-state index is 0.135. The highest BCUT2D eigenvalue weighted by Crippen LogP contribution is 2.28. The first-order valence-corrected chi connectivity index (χ1v) is 6.79. The molecule has 0 radical (unpaired) electrons. The van der Waals surface area contributed by atoms with E-state index in [2.05, 4.69) is 56.1 Å². The summed E-state index contributed by atoms with van der Waals surface area (Å²) in [5.74, 6) is 0. The molecule has 0 bridgehead atoms. The van der Waals surface area contributed by atoms with Crippen molar-refractivity contribution in [3.05, 3.63) is 18.2 Å². The fourth-order valence-corrected chi connectivity index (χ4v) is 2.15. The van der Waals surface area contributed by atoms with E-state index in [9.17, 15) is 0 Å². The Labute approximate surface area is 111 Å². The molecule has 4 heteroatoms. The predicted molar refractivity (Wildman–Crippen MR) is 76.5 cm³/mol. The normalized spacial score (nSPS) is 14.5. The molecule has 0 saturated heterocycles. The molecule has 0 aliphatic heterocycles. The van der Waals surface area contributed by atoms with Gasteiger partial charge in [0.05, 0.1) is 18.1 Å². The molecule has 1 aromatic rings. The zero-order valence-corrected chi connectivity index (χ0v) is 12.6. The maximum atomic E-state index is 6.00. The second-order valence-electron chi connectivity index (χ2n) is 5.85. The van der Waals surface area contributed by atoms with Gasteiger partial charge in [0, 0.05) is 24.3 Å². The van der Waals surface area contributed by atoms with Gasteiger partial charge in [-0.15, -0.1) is 0 Å². The first kappa shape index (κ1) is 15.2. The van der Waals surface area contributed by atoms with Crippen molar-refractivity contribution in [1.29, 1.82) is 0 Å². The minimum Gasteiger partial charge on any atom is -0.331 e. The van der Waals surface area contributed by atoms with Crippen molar-refractivity contribution in [3.63, 3.8) is 0 Å². The van der Waals surface area contributed by atoms with Gasteiger partial charge < -0.3 is 10.3 Å². The van der Waals surface area contributed by atoms with Crippen molar-refractivity contribution in [3.8, 4) is 0 Å². The van der Waals surface area contributed by atoms with E-state index in [0.717, 1.165) is 6.42 Å². The predicted octanol–water partition coefficient (Wildman–Crippen LogP) is 2.58. The first-order valence-electron chi connectivity index (χ1n) is 6.79. The maximum Gasteiger partial charge on any atom is 0.0951 e. The van der Waals surface area contributed by atoms with Crippen LogP contribution in [-0.4, -0.2) is 33.6 Å². The van der Waals surface area contributed by atoms with Crippen LogP contribution in [0, 0.1) is 0 Å². The molecule has 0 amide bonds. The molecule has 104 valence electrons. The van der Waals surface area contributed by atoms with Crippen LogP contribution in [0.15, 0.2) is 12.5 Å². The molecule has 0 fully saturated rings. The molecule has 0 saturated carbocycles. The summed E-state index contributed by atoms with van der Waals surface area (Å²) in [4.78, 5) is 6.65. The zero-order chi connectivity index (χ0) is 13.9. The van der Waals surface area contributed by atoms with Gasteiger partial charge in [-0.2, -0.15) is 0 Å². The monoisotopic (exact) mass is 252 g/mol. The highest BCUT2D eigenvalue weighted by Gasteiger charge is 2.30. The molecule has 1 atom stereocenters. The minimum atomic E-state index is 0.135. The molecule has 1 aromatic heterocycles. The van der Waals surface area contributed by atoms with E-state index < -0.39 is 0 Å². The molecule has 0 spiro atoms. The molecule has 1 rings (SSSR count). The summed E-state index contributed by atoms with van der Waals surface area (Å²) in [6, 6.07) is 0.625. The fraction of sp³-hybridized carbons (Fsp3) is 0.786. The number of rotatable bonds is 6. The van der Waals surface area contributed by atoms with E-state index in [-0.39, 0.29) is 11.6 Å². The van der Waals surface area contributed by atoms with Gasteiger partial charge in [0.25, 0.3) is 0 Å². The van der Waals surface area contributed by atoms with Crippen LogP contribution in [0.25, 0.3) is 0 Å². The first-order chi connectivity index (χ1) is 8.35. The van der Waals surface area contributed by atoms with E-state index in [4.69, 9.17) is 5.73 Å². The Balaban J connectivity index is 3.06. The Morgan fingerprint density at radius 2 is 2.06 bits per heavy atom. The Bertz CT molecular complexity index is 368. The highest BCUT2D eigenvalue weighted by molar-refractivity contribution is 5.09. The number of nitrogens with zero attached hydrogens (tertiary/aromatic N) is 3. The Hall–Kier alpha value is -0.870. The van der Waals surface area contributed by atoms with Crippen LogP contribution in [0.5, 0.6) is 0 Å². The fourth-order valence-electron chi connectivity index (χ4n) is 2.15. The van der Waals surface area contributed by atoms with Crippen LogP contribution >= 0.6 is 0 Å². The van der Waals surface area contributed by atoms with E-state index >= 15 is 0 Å². The van der Waals surface area contributed by atoms with Gasteiger partial charge in [0.1, 0.15) is 0 Å². The topological polar surface area (TPSA) is 47.1 Å². The lowest BCUT2D eigenvalue weighted by Gasteiger charge is -2.40. The van der Waals surface area contributed by atoms with Gasteiger partial charge in [0.2, 0.25) is 0 Å². The van der Waals surface area contributed by atoms with E-state index in [1.54, 1.807) is 0 Å². The van der Waals surface area contributed by atoms with Gasteiger partial charge >= 0.3 is 0 Å². The lowest BCUT2D eigenvalue weighted by atomic mass is 9.96. The van der Waals surface area contributed by atoms with Crippen molar-refractivity contribution in [2.75, 3.05) is 13.6 Å². The molecule has 2 N–H and O–H groups in total. The second-order valence-corrected chi connectivity index (χ2v) is 5.85. The number of hydrogen-bond donors (Lipinski definition) is 1. The van der Waals surface area contributed by atoms with Crippen molar-refractivity contribution < 1.29 is 0 Å². The average molecular weight is 252 g/mol. The Morgan fingerprint density at radius 3 is 2.50 bits per heavy atom. The third-order valence-corrected chi connectivity index (χ3v) is 4.10. The van der Waals surface area contributed by atoms with E-state index in [1.165, 1.54) is 5.69 Å². The van der Waals surface area contributed by atoms with Crippen molar-refractivity contribution in [1.82, 2.24) is 14.5 Å². The maximum absolute atomic E-state index is 6.00. The summed E-state index contributed by atoms with van der Waals surface area (Å²) in [5.41, 5.74) is 7.34. The molecule has 1 heterocycles. The van der Waals surface area contributed by atoms with Crippen LogP contribution < -0.4 is 5.73 Å². The van der Waals surface area contributed by atoms with E-state index in [1.807, 2.05) is 12.5 Å². The van der Waals surface area contributed by atoms with E-state index in [0.29, 0.717) is 12.6 Å². The lowest BCUT2D eigenvalue weighted by Crippen LogP contribution is -2.45. The van der Waals surface area contributed by atoms with Crippen molar-refractivity contribution >= 4 is 0 Å². The molecule has 4 nitrogen and oxygen atoms in total. The number of imidazole rings is 1. The van der Waals surface area contributed by atoms with Gasteiger partial charge in [0.15, 0.2) is 0 Å². The summed E-state index contributed by atoms with van der Waals surface area (Å²) in [6.45, 7) is 11.7. The summed E-state index contributed by atoms with van der Waals surface area (Å²) >= 11 is 0. The number of nitrogens with two attached hydrogens (primary N) is 1. The van der Waals surface area contributed by atoms with Gasteiger partial charge in [-0.3, -0.25) is 4.90 Å². The Morgan fingerprint density at radius 1 is 1.44 bits per heavy atom. The summed E-state index contributed by atoms with van der Waals surface area (Å²) < 4.78 is 2.21. The third kappa shape index (κ3) is 2.93.